The highest BCUT2D eigenvalue weighted by Crippen LogP contribution is 1.98. The van der Waals surface area contributed by atoms with Gasteiger partial charge in [0.2, 0.25) is 0 Å². The van der Waals surface area contributed by atoms with Crippen molar-refractivity contribution in [3.8, 4) is 0 Å². The second kappa shape index (κ2) is 7.04. The summed E-state index contributed by atoms with van der Waals surface area (Å²) in [4.78, 5) is 41.8. The molecule has 0 aromatic rings. The van der Waals surface area contributed by atoms with Crippen molar-refractivity contribution in [2.24, 2.45) is 0 Å². The van der Waals surface area contributed by atoms with Gasteiger partial charge in [0.1, 0.15) is 6.04 Å². The molecule has 0 spiro atoms. The van der Waals surface area contributed by atoms with Crippen molar-refractivity contribution >= 4 is 24.0 Å². The van der Waals surface area contributed by atoms with Crippen molar-refractivity contribution in [2.45, 2.75) is 18.9 Å². The second-order valence-electron chi connectivity index (χ2n) is 2.94. The van der Waals surface area contributed by atoms with E-state index in [1.165, 1.54) is 0 Å². The van der Waals surface area contributed by atoms with E-state index in [-0.39, 0.29) is 6.42 Å². The predicted octanol–water partition coefficient (Wildman–Crippen LogP) is -0.885. The lowest BCUT2D eigenvalue weighted by Gasteiger charge is -2.12. The Bertz CT molecular complexity index is 325. The van der Waals surface area contributed by atoms with Gasteiger partial charge < -0.3 is 25.4 Å². The lowest BCUT2D eigenvalue weighted by atomic mass is 10.1. The molecular weight excluding hydrogens is 238 g/mol. The van der Waals surface area contributed by atoms with E-state index in [1.54, 1.807) is 0 Å². The van der Waals surface area contributed by atoms with Gasteiger partial charge in [-0.3, -0.25) is 4.79 Å². The zero-order chi connectivity index (χ0) is 13.4. The van der Waals surface area contributed by atoms with Crippen LogP contribution in [0, 0.1) is 0 Å². The van der Waals surface area contributed by atoms with Crippen LogP contribution in [0.15, 0.2) is 0 Å². The summed E-state index contributed by atoms with van der Waals surface area (Å²) in [5, 5.41) is 27.0. The number of hydrogen-bond acceptors (Lipinski definition) is 5. The van der Waals surface area contributed by atoms with Crippen LogP contribution in [0.25, 0.3) is 0 Å². The first kappa shape index (κ1) is 14.7. The first-order valence-corrected chi connectivity index (χ1v) is 4.42. The largest absolute Gasteiger partial charge is 0.481 e. The zero-order valence-corrected chi connectivity index (χ0v) is 8.58. The van der Waals surface area contributed by atoms with Crippen LogP contribution in [-0.2, 0) is 19.1 Å². The topological polar surface area (TPSA) is 150 Å². The van der Waals surface area contributed by atoms with Gasteiger partial charge in [0.25, 0.3) is 0 Å². The Labute approximate surface area is 95.0 Å². The number of amides is 1. The summed E-state index contributed by atoms with van der Waals surface area (Å²) in [6.45, 7) is -0.906. The number of rotatable bonds is 7. The van der Waals surface area contributed by atoms with Crippen LogP contribution >= 0.6 is 0 Å². The molecule has 0 aromatic heterocycles. The molecule has 0 rings (SSSR count). The smallest absolute Gasteiger partial charge is 0.408 e. The van der Waals surface area contributed by atoms with E-state index < -0.39 is 43.1 Å². The van der Waals surface area contributed by atoms with Crippen LogP contribution in [0.5, 0.6) is 0 Å². The summed E-state index contributed by atoms with van der Waals surface area (Å²) < 4.78 is 4.13. The van der Waals surface area contributed by atoms with Gasteiger partial charge in [-0.25, -0.2) is 14.4 Å². The third-order valence-corrected chi connectivity index (χ3v) is 1.56. The maximum Gasteiger partial charge on any atom is 0.408 e. The average Bonchev–Trinajstić information content (AvgIpc) is 2.20. The van der Waals surface area contributed by atoms with Crippen LogP contribution in [0.2, 0.25) is 0 Å². The number of ether oxygens (including phenoxy) is 1. The lowest BCUT2D eigenvalue weighted by molar-refractivity contribution is -0.140. The first-order chi connectivity index (χ1) is 7.82. The van der Waals surface area contributed by atoms with Crippen LogP contribution < -0.4 is 5.32 Å². The van der Waals surface area contributed by atoms with Crippen molar-refractivity contribution in [3.05, 3.63) is 0 Å². The molecule has 1 amide bonds. The molecule has 0 fully saturated rings. The Morgan fingerprint density at radius 3 is 2.06 bits per heavy atom. The summed E-state index contributed by atoms with van der Waals surface area (Å²) in [5.41, 5.74) is 0. The Balaban J connectivity index is 4.15. The van der Waals surface area contributed by atoms with E-state index in [0.29, 0.717) is 0 Å². The van der Waals surface area contributed by atoms with Crippen molar-refractivity contribution in [1.82, 2.24) is 5.32 Å². The van der Waals surface area contributed by atoms with E-state index >= 15 is 0 Å². The number of alkyl carbamates (subject to hydrolysis) is 1. The third-order valence-electron chi connectivity index (χ3n) is 1.56. The fourth-order valence-electron chi connectivity index (χ4n) is 0.836. The number of carbonyl (C=O) groups is 4. The summed E-state index contributed by atoms with van der Waals surface area (Å²) in [5.74, 6) is -4.03. The van der Waals surface area contributed by atoms with Crippen LogP contribution in [0.3, 0.4) is 0 Å². The Kier molecular flexibility index (Phi) is 6.08. The quantitative estimate of drug-likeness (QED) is 0.454. The standard InChI is InChI=1S/C8H11NO8/c10-5(11)2-1-4(7(14)15)9-8(16)17-3-6(12)13/h4H,1-3H2,(H,9,16)(H,10,11)(H,12,13)(H,14,15)/t4-/m0/s1. The van der Waals surface area contributed by atoms with E-state index in [4.69, 9.17) is 15.3 Å². The molecule has 1 atom stereocenters. The normalized spacial score (nSPS) is 11.3. The summed E-state index contributed by atoms with van der Waals surface area (Å²) in [6, 6.07) is -1.44. The van der Waals surface area contributed by atoms with Gasteiger partial charge in [0.05, 0.1) is 0 Å². The SMILES string of the molecule is O=C(O)CC[C@H](NC(=O)OCC(=O)O)C(=O)O. The Morgan fingerprint density at radius 1 is 1.06 bits per heavy atom. The molecule has 0 bridgehead atoms. The Morgan fingerprint density at radius 2 is 1.65 bits per heavy atom. The van der Waals surface area contributed by atoms with Gasteiger partial charge in [0.15, 0.2) is 6.61 Å². The summed E-state index contributed by atoms with van der Waals surface area (Å²) in [6.07, 6.45) is -2.01. The Hall–Kier alpha value is -2.32. The maximum absolute atomic E-state index is 10.9. The molecule has 0 aromatic carbocycles. The molecule has 17 heavy (non-hydrogen) atoms. The average molecular weight is 249 g/mol. The minimum absolute atomic E-state index is 0.327. The van der Waals surface area contributed by atoms with Gasteiger partial charge in [-0.05, 0) is 6.42 Å². The van der Waals surface area contributed by atoms with Gasteiger partial charge in [0, 0.05) is 6.42 Å². The van der Waals surface area contributed by atoms with Crippen LogP contribution in [-0.4, -0.2) is 52.0 Å². The minimum Gasteiger partial charge on any atom is -0.481 e. The fraction of sp³-hybridized carbons (Fsp3) is 0.500. The second-order valence-corrected chi connectivity index (χ2v) is 2.94. The number of carboxylic acid groups (broad SMARTS) is 3. The predicted molar refractivity (Wildman–Crippen MR) is 50.4 cm³/mol. The van der Waals surface area contributed by atoms with Crippen LogP contribution in [0.1, 0.15) is 12.8 Å². The van der Waals surface area contributed by atoms with Gasteiger partial charge in [-0.15, -0.1) is 0 Å². The monoisotopic (exact) mass is 249 g/mol. The molecule has 0 saturated carbocycles. The van der Waals surface area contributed by atoms with E-state index in [1.807, 2.05) is 5.32 Å². The number of nitrogens with one attached hydrogen (secondary N) is 1. The molecule has 0 unspecified atom stereocenters. The van der Waals surface area contributed by atoms with Gasteiger partial charge in [-0.1, -0.05) is 0 Å². The molecule has 4 N–H and O–H groups in total. The number of hydrogen-bond donors (Lipinski definition) is 4. The number of aliphatic carboxylic acids is 3. The molecular formula is C8H11NO8. The highest BCUT2D eigenvalue weighted by atomic mass is 16.6. The van der Waals surface area contributed by atoms with E-state index in [9.17, 15) is 19.2 Å². The van der Waals surface area contributed by atoms with Crippen LogP contribution in [0.4, 0.5) is 4.79 Å². The zero-order valence-electron chi connectivity index (χ0n) is 8.58. The van der Waals surface area contributed by atoms with Gasteiger partial charge >= 0.3 is 24.0 Å². The van der Waals surface area contributed by atoms with Crippen molar-refractivity contribution in [3.63, 3.8) is 0 Å². The van der Waals surface area contributed by atoms with E-state index in [2.05, 4.69) is 4.74 Å². The molecule has 9 heteroatoms. The highest BCUT2D eigenvalue weighted by molar-refractivity contribution is 5.81. The molecule has 0 aliphatic rings. The molecule has 96 valence electrons. The first-order valence-electron chi connectivity index (χ1n) is 4.42. The molecule has 9 nitrogen and oxygen atoms in total. The summed E-state index contributed by atoms with van der Waals surface area (Å²) >= 11 is 0. The number of carbonyl (C=O) groups excluding carboxylic acids is 1. The fourth-order valence-corrected chi connectivity index (χ4v) is 0.836. The van der Waals surface area contributed by atoms with Gasteiger partial charge in [-0.2, -0.15) is 0 Å². The lowest BCUT2D eigenvalue weighted by Crippen LogP contribution is -2.41. The minimum atomic E-state index is -1.44. The molecule has 0 aliphatic carbocycles. The molecule has 0 heterocycles. The maximum atomic E-state index is 10.9. The molecule has 0 radical (unpaired) electrons. The third kappa shape index (κ3) is 7.59. The van der Waals surface area contributed by atoms with Crippen molar-refractivity contribution < 1.29 is 39.2 Å². The molecule has 0 aliphatic heterocycles. The summed E-state index contributed by atoms with van der Waals surface area (Å²) in [7, 11) is 0. The van der Waals surface area contributed by atoms with E-state index in [0.717, 1.165) is 0 Å². The number of carboxylic acids is 3. The van der Waals surface area contributed by atoms with Crippen molar-refractivity contribution in [1.29, 1.82) is 0 Å². The van der Waals surface area contributed by atoms with Crippen molar-refractivity contribution in [2.75, 3.05) is 6.61 Å². The molecule has 0 saturated heterocycles. The highest BCUT2D eigenvalue weighted by Gasteiger charge is 2.21.